The molecule has 3 rings (SSSR count). The van der Waals surface area contributed by atoms with Crippen molar-refractivity contribution >= 4 is 5.95 Å². The SMILES string of the molecule is Cc1c(-c2ccncc2)nc(NCC(N)Cc2cccnc2)n(C)c1=O. The maximum atomic E-state index is 12.5. The first-order valence-electron chi connectivity index (χ1n) is 8.42. The molecule has 0 aliphatic heterocycles. The number of pyridine rings is 2. The highest BCUT2D eigenvalue weighted by atomic mass is 16.1. The Morgan fingerprint density at radius 2 is 1.96 bits per heavy atom. The van der Waals surface area contributed by atoms with Gasteiger partial charge in [0.25, 0.3) is 5.56 Å². The van der Waals surface area contributed by atoms with E-state index in [2.05, 4.69) is 20.3 Å². The van der Waals surface area contributed by atoms with E-state index in [0.717, 1.165) is 11.1 Å². The van der Waals surface area contributed by atoms with Gasteiger partial charge in [-0.1, -0.05) is 6.07 Å². The van der Waals surface area contributed by atoms with Gasteiger partial charge in [0.2, 0.25) is 5.95 Å². The van der Waals surface area contributed by atoms with Crippen molar-refractivity contribution in [3.05, 3.63) is 70.5 Å². The lowest BCUT2D eigenvalue weighted by Gasteiger charge is -2.17. The molecule has 1 atom stereocenters. The fourth-order valence-electron chi connectivity index (χ4n) is 2.78. The second-order valence-electron chi connectivity index (χ2n) is 6.22. The second kappa shape index (κ2) is 7.88. The van der Waals surface area contributed by atoms with Crippen LogP contribution in [0.2, 0.25) is 0 Å². The van der Waals surface area contributed by atoms with Crippen molar-refractivity contribution in [1.29, 1.82) is 0 Å². The van der Waals surface area contributed by atoms with Crippen molar-refractivity contribution in [3.63, 3.8) is 0 Å². The molecule has 0 aromatic carbocycles. The molecule has 3 aromatic rings. The summed E-state index contributed by atoms with van der Waals surface area (Å²) in [6.07, 6.45) is 7.61. The summed E-state index contributed by atoms with van der Waals surface area (Å²) >= 11 is 0. The molecule has 3 aromatic heterocycles. The third-order valence-electron chi connectivity index (χ3n) is 4.21. The molecule has 7 heteroatoms. The summed E-state index contributed by atoms with van der Waals surface area (Å²) in [4.78, 5) is 25.3. The predicted molar refractivity (Wildman–Crippen MR) is 102 cm³/mol. The minimum atomic E-state index is -0.123. The van der Waals surface area contributed by atoms with Crippen LogP contribution in [0.4, 0.5) is 5.95 Å². The van der Waals surface area contributed by atoms with Crippen molar-refractivity contribution in [2.45, 2.75) is 19.4 Å². The zero-order valence-electron chi connectivity index (χ0n) is 14.9. The molecule has 7 nitrogen and oxygen atoms in total. The maximum absolute atomic E-state index is 12.5. The van der Waals surface area contributed by atoms with E-state index in [1.807, 2.05) is 24.3 Å². The molecule has 0 saturated heterocycles. The van der Waals surface area contributed by atoms with Crippen molar-refractivity contribution < 1.29 is 0 Å². The Labute approximate surface area is 152 Å². The normalized spacial score (nSPS) is 12.0. The van der Waals surface area contributed by atoms with E-state index < -0.39 is 0 Å². The number of rotatable bonds is 6. The number of nitrogens with two attached hydrogens (primary N) is 1. The van der Waals surface area contributed by atoms with Crippen LogP contribution in [0.15, 0.2) is 53.8 Å². The van der Waals surface area contributed by atoms with Gasteiger partial charge < -0.3 is 11.1 Å². The molecule has 0 spiro atoms. The van der Waals surface area contributed by atoms with Crippen LogP contribution in [-0.2, 0) is 13.5 Å². The number of nitrogens with one attached hydrogen (secondary N) is 1. The summed E-state index contributed by atoms with van der Waals surface area (Å²) in [7, 11) is 1.70. The molecule has 26 heavy (non-hydrogen) atoms. The van der Waals surface area contributed by atoms with E-state index >= 15 is 0 Å². The van der Waals surface area contributed by atoms with Gasteiger partial charge in [0, 0.05) is 55.5 Å². The fourth-order valence-corrected chi connectivity index (χ4v) is 2.78. The van der Waals surface area contributed by atoms with E-state index in [4.69, 9.17) is 5.73 Å². The molecule has 1 unspecified atom stereocenters. The average Bonchev–Trinajstić information content (AvgIpc) is 2.67. The largest absolute Gasteiger partial charge is 0.354 e. The third-order valence-corrected chi connectivity index (χ3v) is 4.21. The summed E-state index contributed by atoms with van der Waals surface area (Å²) < 4.78 is 1.51. The van der Waals surface area contributed by atoms with E-state index in [9.17, 15) is 4.79 Å². The zero-order valence-corrected chi connectivity index (χ0v) is 14.9. The van der Waals surface area contributed by atoms with Crippen LogP contribution in [0.25, 0.3) is 11.3 Å². The highest BCUT2D eigenvalue weighted by Crippen LogP contribution is 2.19. The molecular weight excluding hydrogens is 328 g/mol. The molecule has 0 saturated carbocycles. The highest BCUT2D eigenvalue weighted by Gasteiger charge is 2.13. The van der Waals surface area contributed by atoms with E-state index in [0.29, 0.717) is 30.2 Å². The lowest BCUT2D eigenvalue weighted by Crippen LogP contribution is -2.34. The lowest BCUT2D eigenvalue weighted by molar-refractivity contribution is 0.685. The predicted octanol–water partition coefficient (Wildman–Crippen LogP) is 1.53. The molecule has 134 valence electrons. The van der Waals surface area contributed by atoms with E-state index in [1.165, 1.54) is 4.57 Å². The number of hydrogen-bond acceptors (Lipinski definition) is 6. The first-order valence-corrected chi connectivity index (χ1v) is 8.42. The summed E-state index contributed by atoms with van der Waals surface area (Å²) in [5, 5.41) is 3.20. The quantitative estimate of drug-likeness (QED) is 0.699. The van der Waals surface area contributed by atoms with E-state index in [-0.39, 0.29) is 11.6 Å². The Balaban J connectivity index is 1.79. The van der Waals surface area contributed by atoms with Gasteiger partial charge in [-0.15, -0.1) is 0 Å². The second-order valence-corrected chi connectivity index (χ2v) is 6.22. The molecule has 3 N–H and O–H groups in total. The highest BCUT2D eigenvalue weighted by molar-refractivity contribution is 5.63. The molecule has 0 bridgehead atoms. The number of nitrogens with zero attached hydrogens (tertiary/aromatic N) is 4. The third kappa shape index (κ3) is 3.94. The standard InChI is InChI=1S/C19H22N6O/c1-13-17(15-5-8-21-9-6-15)24-19(25(2)18(13)26)23-12-16(20)10-14-4-3-7-22-11-14/h3-9,11,16H,10,12,20H2,1-2H3,(H,23,24). The monoisotopic (exact) mass is 350 g/mol. The number of hydrogen-bond donors (Lipinski definition) is 2. The summed E-state index contributed by atoms with van der Waals surface area (Å²) in [6.45, 7) is 2.27. The lowest BCUT2D eigenvalue weighted by atomic mass is 10.1. The Bertz CT molecular complexity index is 924. The molecule has 0 amide bonds. The molecule has 3 heterocycles. The van der Waals surface area contributed by atoms with Crippen LogP contribution in [-0.4, -0.2) is 32.1 Å². The van der Waals surface area contributed by atoms with Gasteiger partial charge in [-0.25, -0.2) is 4.98 Å². The Morgan fingerprint density at radius 3 is 2.65 bits per heavy atom. The van der Waals surface area contributed by atoms with Crippen LogP contribution < -0.4 is 16.6 Å². The van der Waals surface area contributed by atoms with Gasteiger partial charge in [-0.2, -0.15) is 0 Å². The average molecular weight is 350 g/mol. The van der Waals surface area contributed by atoms with Gasteiger partial charge in [0.1, 0.15) is 0 Å². The van der Waals surface area contributed by atoms with Crippen molar-refractivity contribution in [2.75, 3.05) is 11.9 Å². The van der Waals surface area contributed by atoms with E-state index in [1.54, 1.807) is 38.8 Å². The Morgan fingerprint density at radius 1 is 1.19 bits per heavy atom. The molecule has 0 fully saturated rings. The van der Waals surface area contributed by atoms with Gasteiger partial charge in [-0.3, -0.25) is 19.3 Å². The molecule has 0 radical (unpaired) electrons. The van der Waals surface area contributed by atoms with Crippen molar-refractivity contribution in [2.24, 2.45) is 12.8 Å². The number of aromatic nitrogens is 4. The summed E-state index contributed by atoms with van der Waals surface area (Å²) in [5.41, 5.74) is 9.31. The Hall–Kier alpha value is -3.06. The maximum Gasteiger partial charge on any atom is 0.258 e. The zero-order chi connectivity index (χ0) is 18.5. The van der Waals surface area contributed by atoms with Crippen molar-refractivity contribution in [3.8, 4) is 11.3 Å². The molecular formula is C19H22N6O. The minimum absolute atomic E-state index is 0.0878. The van der Waals surface area contributed by atoms with Crippen LogP contribution >= 0.6 is 0 Å². The van der Waals surface area contributed by atoms with Crippen LogP contribution in [0.5, 0.6) is 0 Å². The summed E-state index contributed by atoms with van der Waals surface area (Å²) in [5.74, 6) is 0.494. The number of anilines is 1. The van der Waals surface area contributed by atoms with Gasteiger partial charge in [0.15, 0.2) is 0 Å². The smallest absolute Gasteiger partial charge is 0.258 e. The van der Waals surface area contributed by atoms with Gasteiger partial charge in [-0.05, 0) is 37.1 Å². The first kappa shape index (κ1) is 17.8. The summed E-state index contributed by atoms with van der Waals surface area (Å²) in [6, 6.07) is 7.44. The van der Waals surface area contributed by atoms with Crippen LogP contribution in [0, 0.1) is 6.92 Å². The van der Waals surface area contributed by atoms with Gasteiger partial charge >= 0.3 is 0 Å². The van der Waals surface area contributed by atoms with Gasteiger partial charge in [0.05, 0.1) is 5.69 Å². The van der Waals surface area contributed by atoms with Crippen LogP contribution in [0.1, 0.15) is 11.1 Å². The molecule has 0 aliphatic carbocycles. The van der Waals surface area contributed by atoms with Crippen LogP contribution in [0.3, 0.4) is 0 Å². The fraction of sp³-hybridized carbons (Fsp3) is 0.263. The topological polar surface area (TPSA) is 98.7 Å². The minimum Gasteiger partial charge on any atom is -0.354 e. The Kier molecular flexibility index (Phi) is 5.38. The first-order chi connectivity index (χ1) is 12.6. The molecule has 0 aliphatic rings. The van der Waals surface area contributed by atoms with Crippen molar-refractivity contribution in [1.82, 2.24) is 19.5 Å².